The fourth-order valence-electron chi connectivity index (χ4n) is 4.17. The van der Waals surface area contributed by atoms with Gasteiger partial charge in [-0.2, -0.15) is 13.2 Å². The zero-order chi connectivity index (χ0) is 25.8. The lowest BCUT2D eigenvalue weighted by atomic mass is 10.0. The number of halogens is 5. The number of hydrogen-bond acceptors (Lipinski definition) is 4. The standard InChI is InChI=1S/C24H27Cl2F3N2O3S/c1-2-10-35(33,34)22-7-6-18(25)11-17(22)14-30-23(32)16-12-20(24(27,28)29)19(21(26)13-16)15-31-8-4-3-5-9-31/h6-7,11-13H,2-5,8-10,14-15H2,1H3,(H,30,32). The number of rotatable bonds is 8. The summed E-state index contributed by atoms with van der Waals surface area (Å²) in [6, 6.07) is 6.24. The van der Waals surface area contributed by atoms with Crippen LogP contribution in [0.2, 0.25) is 10.0 Å². The minimum absolute atomic E-state index is 0.0231. The molecule has 0 aromatic heterocycles. The highest BCUT2D eigenvalue weighted by Gasteiger charge is 2.36. The molecule has 2 aromatic carbocycles. The molecule has 0 spiro atoms. The van der Waals surface area contributed by atoms with Crippen LogP contribution in [0.15, 0.2) is 35.2 Å². The van der Waals surface area contributed by atoms with Crippen molar-refractivity contribution in [2.75, 3.05) is 18.8 Å². The molecule has 192 valence electrons. The van der Waals surface area contributed by atoms with Gasteiger partial charge in [-0.15, -0.1) is 0 Å². The van der Waals surface area contributed by atoms with E-state index >= 15 is 0 Å². The predicted octanol–water partition coefficient (Wildman–Crippen LogP) is 6.11. The van der Waals surface area contributed by atoms with Crippen LogP contribution in [0.4, 0.5) is 13.2 Å². The molecule has 1 N–H and O–H groups in total. The number of hydrogen-bond donors (Lipinski definition) is 1. The summed E-state index contributed by atoms with van der Waals surface area (Å²) in [4.78, 5) is 14.7. The summed E-state index contributed by atoms with van der Waals surface area (Å²) in [5, 5.41) is 2.64. The number of amides is 1. The van der Waals surface area contributed by atoms with E-state index in [0.717, 1.165) is 25.3 Å². The second-order valence-electron chi connectivity index (χ2n) is 8.57. The van der Waals surface area contributed by atoms with Crippen LogP contribution >= 0.6 is 23.2 Å². The van der Waals surface area contributed by atoms with E-state index in [1.54, 1.807) is 6.92 Å². The summed E-state index contributed by atoms with van der Waals surface area (Å²) < 4.78 is 66.8. The van der Waals surface area contributed by atoms with Crippen molar-refractivity contribution in [3.8, 4) is 0 Å². The van der Waals surface area contributed by atoms with E-state index in [2.05, 4.69) is 5.32 Å². The highest BCUT2D eigenvalue weighted by atomic mass is 35.5. The van der Waals surface area contributed by atoms with E-state index in [4.69, 9.17) is 23.2 Å². The number of nitrogens with one attached hydrogen (secondary N) is 1. The maximum Gasteiger partial charge on any atom is 0.416 e. The third-order valence-corrected chi connectivity index (χ3v) is 8.45. The molecule has 0 unspecified atom stereocenters. The second kappa shape index (κ2) is 11.5. The Labute approximate surface area is 213 Å². The minimum Gasteiger partial charge on any atom is -0.348 e. The van der Waals surface area contributed by atoms with Gasteiger partial charge < -0.3 is 5.32 Å². The molecular formula is C24H27Cl2F3N2O3S. The van der Waals surface area contributed by atoms with Crippen molar-refractivity contribution in [1.82, 2.24) is 10.2 Å². The second-order valence-corrected chi connectivity index (χ2v) is 11.5. The zero-order valence-corrected chi connectivity index (χ0v) is 21.5. The van der Waals surface area contributed by atoms with Crippen molar-refractivity contribution in [3.05, 3.63) is 62.6 Å². The Hall–Kier alpha value is -1.81. The Bertz CT molecular complexity index is 1180. The maximum absolute atomic E-state index is 13.9. The molecule has 0 bridgehead atoms. The lowest BCUT2D eigenvalue weighted by Crippen LogP contribution is -2.30. The topological polar surface area (TPSA) is 66.5 Å². The van der Waals surface area contributed by atoms with Crippen LogP contribution < -0.4 is 5.32 Å². The van der Waals surface area contributed by atoms with Gasteiger partial charge in [0.15, 0.2) is 9.84 Å². The van der Waals surface area contributed by atoms with E-state index in [1.807, 2.05) is 4.90 Å². The fourth-order valence-corrected chi connectivity index (χ4v) is 6.21. The van der Waals surface area contributed by atoms with Gasteiger partial charge in [0, 0.05) is 28.7 Å². The smallest absolute Gasteiger partial charge is 0.348 e. The van der Waals surface area contributed by atoms with Gasteiger partial charge in [0.25, 0.3) is 5.91 Å². The molecule has 1 aliphatic heterocycles. The number of likely N-dealkylation sites (tertiary alicyclic amines) is 1. The van der Waals surface area contributed by atoms with Gasteiger partial charge >= 0.3 is 6.18 Å². The SMILES string of the molecule is CCCS(=O)(=O)c1ccc(Cl)cc1CNC(=O)c1cc(Cl)c(CN2CCCCC2)c(C(F)(F)F)c1. The Balaban J connectivity index is 1.87. The Morgan fingerprint density at radius 3 is 2.40 bits per heavy atom. The van der Waals surface area contributed by atoms with Crippen LogP contribution in [0.5, 0.6) is 0 Å². The highest BCUT2D eigenvalue weighted by Crippen LogP contribution is 2.37. The first-order valence-electron chi connectivity index (χ1n) is 11.3. The molecule has 0 aliphatic carbocycles. The molecule has 11 heteroatoms. The average molecular weight is 551 g/mol. The van der Waals surface area contributed by atoms with Gasteiger partial charge in [-0.25, -0.2) is 8.42 Å². The van der Waals surface area contributed by atoms with E-state index in [9.17, 15) is 26.4 Å². The van der Waals surface area contributed by atoms with Crippen LogP contribution in [0.3, 0.4) is 0 Å². The monoisotopic (exact) mass is 550 g/mol. The van der Waals surface area contributed by atoms with Gasteiger partial charge in [0.2, 0.25) is 0 Å². The number of carbonyl (C=O) groups excluding carboxylic acids is 1. The Morgan fingerprint density at radius 2 is 1.77 bits per heavy atom. The van der Waals surface area contributed by atoms with Crippen molar-refractivity contribution in [2.24, 2.45) is 0 Å². The highest BCUT2D eigenvalue weighted by molar-refractivity contribution is 7.91. The first-order valence-corrected chi connectivity index (χ1v) is 13.7. The number of sulfone groups is 1. The largest absolute Gasteiger partial charge is 0.416 e. The van der Waals surface area contributed by atoms with E-state index < -0.39 is 27.5 Å². The Morgan fingerprint density at radius 1 is 1.09 bits per heavy atom. The van der Waals surface area contributed by atoms with Gasteiger partial charge in [-0.3, -0.25) is 9.69 Å². The third-order valence-electron chi connectivity index (χ3n) is 5.86. The van der Waals surface area contributed by atoms with Crippen molar-refractivity contribution < 1.29 is 26.4 Å². The molecular weight excluding hydrogens is 524 g/mol. The van der Waals surface area contributed by atoms with Crippen molar-refractivity contribution >= 4 is 38.9 Å². The molecule has 0 saturated carbocycles. The molecule has 35 heavy (non-hydrogen) atoms. The van der Waals surface area contributed by atoms with Crippen LogP contribution in [0, 0.1) is 0 Å². The van der Waals surface area contributed by atoms with Crippen molar-refractivity contribution in [2.45, 2.75) is 56.8 Å². The van der Waals surface area contributed by atoms with E-state index in [-0.39, 0.29) is 50.5 Å². The molecule has 2 aromatic rings. The summed E-state index contributed by atoms with van der Waals surface area (Å²) >= 11 is 12.3. The molecule has 3 rings (SSSR count). The summed E-state index contributed by atoms with van der Waals surface area (Å²) in [5.41, 5.74) is -1.01. The molecule has 0 radical (unpaired) electrons. The normalized spacial score (nSPS) is 15.3. The molecule has 1 heterocycles. The van der Waals surface area contributed by atoms with E-state index in [1.165, 1.54) is 24.3 Å². The summed E-state index contributed by atoms with van der Waals surface area (Å²) in [7, 11) is -3.61. The summed E-state index contributed by atoms with van der Waals surface area (Å²) in [6.07, 6.45) is -1.42. The number of alkyl halides is 3. The van der Waals surface area contributed by atoms with Gasteiger partial charge in [-0.05, 0) is 73.8 Å². The predicted molar refractivity (Wildman–Crippen MR) is 131 cm³/mol. The molecule has 5 nitrogen and oxygen atoms in total. The molecule has 1 fully saturated rings. The lowest BCUT2D eigenvalue weighted by molar-refractivity contribution is -0.138. The quantitative estimate of drug-likeness (QED) is 0.430. The van der Waals surface area contributed by atoms with Crippen LogP contribution in [0.25, 0.3) is 0 Å². The number of nitrogens with zero attached hydrogens (tertiary/aromatic N) is 1. The summed E-state index contributed by atoms with van der Waals surface area (Å²) in [6.45, 7) is 2.94. The average Bonchev–Trinajstić information content (AvgIpc) is 2.78. The van der Waals surface area contributed by atoms with Crippen LogP contribution in [0.1, 0.15) is 59.7 Å². The number of carbonyl (C=O) groups is 1. The zero-order valence-electron chi connectivity index (χ0n) is 19.2. The first-order chi connectivity index (χ1) is 16.4. The maximum atomic E-state index is 13.9. The molecule has 1 saturated heterocycles. The van der Waals surface area contributed by atoms with Gasteiger partial charge in [-0.1, -0.05) is 36.5 Å². The fraction of sp³-hybridized carbons (Fsp3) is 0.458. The minimum atomic E-state index is -4.70. The summed E-state index contributed by atoms with van der Waals surface area (Å²) in [5.74, 6) is -0.890. The van der Waals surface area contributed by atoms with Crippen LogP contribution in [-0.4, -0.2) is 38.1 Å². The number of benzene rings is 2. The molecule has 1 amide bonds. The third kappa shape index (κ3) is 7.12. The molecule has 0 atom stereocenters. The lowest BCUT2D eigenvalue weighted by Gasteiger charge is -2.28. The number of piperidine rings is 1. The van der Waals surface area contributed by atoms with Gasteiger partial charge in [0.05, 0.1) is 16.2 Å². The Kier molecular flexibility index (Phi) is 9.12. The van der Waals surface area contributed by atoms with Crippen LogP contribution in [-0.2, 0) is 29.1 Å². The van der Waals surface area contributed by atoms with Crippen molar-refractivity contribution in [3.63, 3.8) is 0 Å². The van der Waals surface area contributed by atoms with Crippen molar-refractivity contribution in [1.29, 1.82) is 0 Å². The van der Waals surface area contributed by atoms with E-state index in [0.29, 0.717) is 19.5 Å². The van der Waals surface area contributed by atoms with Gasteiger partial charge in [0.1, 0.15) is 0 Å². The molecule has 1 aliphatic rings. The first kappa shape index (κ1) is 27.8.